The third kappa shape index (κ3) is 136. The van der Waals surface area contributed by atoms with Gasteiger partial charge in [-0.25, -0.2) is 0 Å². The molecule has 1 amide bonds. The fourth-order valence-electron chi connectivity index (χ4n) is 10.3. The Morgan fingerprint density at radius 3 is 0.315 bits per heavy atom. The highest BCUT2D eigenvalue weighted by molar-refractivity contribution is 7.80. The lowest BCUT2D eigenvalue weighted by atomic mass is 10.2. The number of ketones is 1. The number of methoxy groups -OCH3 is 1. The van der Waals surface area contributed by atoms with Gasteiger partial charge in [-0.2, -0.15) is 12.6 Å². The minimum absolute atomic E-state index is 0.0428. The molecule has 143 heavy (non-hydrogen) atoms. The first-order valence-corrected chi connectivity index (χ1v) is 51.5. The molecule has 0 heterocycles. The summed E-state index contributed by atoms with van der Waals surface area (Å²) < 4.78 is 242. The van der Waals surface area contributed by atoms with E-state index in [9.17, 15) is 9.59 Å². The zero-order chi connectivity index (χ0) is 102. The van der Waals surface area contributed by atoms with Crippen LogP contribution in [0.4, 0.5) is 0 Å². The van der Waals surface area contributed by atoms with E-state index in [1.54, 1.807) is 7.11 Å². The topological polar surface area (TPSA) is 452 Å². The number of carbonyl (C=O) groups excluding carboxylic acids is 2. The van der Waals surface area contributed by atoms with E-state index >= 15 is 0 Å². The molecule has 0 fully saturated rings. The summed E-state index contributed by atoms with van der Waals surface area (Å²) in [5.74, 6) is 0.380. The number of hydrogen-bond acceptors (Lipinski definition) is 47. The van der Waals surface area contributed by atoms with Crippen molar-refractivity contribution in [2.24, 2.45) is 0 Å². The third-order valence-electron chi connectivity index (χ3n) is 17.6. The molecule has 47 nitrogen and oxygen atoms in total. The number of ether oxygens (including phenoxy) is 44. The highest BCUT2D eigenvalue weighted by atomic mass is 32.1. The Hall–Kier alpha value is -2.27. The molecule has 0 aromatic carbocycles. The van der Waals surface area contributed by atoms with Crippen LogP contribution in [0.3, 0.4) is 0 Å². The van der Waals surface area contributed by atoms with Crippen LogP contribution in [-0.2, 0) is 218 Å². The number of nitrogens with one attached hydrogen (secondary N) is 1. The van der Waals surface area contributed by atoms with Crippen molar-refractivity contribution in [3.63, 3.8) is 0 Å². The lowest BCUT2D eigenvalue weighted by Crippen LogP contribution is -2.28. The van der Waals surface area contributed by atoms with E-state index in [2.05, 4.69) is 17.9 Å². The molecular formula is C95H189NO46S. The van der Waals surface area contributed by atoms with Gasteiger partial charge in [0.1, 0.15) is 5.78 Å². The molecule has 0 saturated heterocycles. The fraction of sp³-hybridized carbons (Fsp3) is 0.979. The minimum Gasteiger partial charge on any atom is -0.382 e. The van der Waals surface area contributed by atoms with Gasteiger partial charge in [-0.15, -0.1) is 0 Å². The van der Waals surface area contributed by atoms with Crippen molar-refractivity contribution >= 4 is 24.3 Å². The zero-order valence-electron chi connectivity index (χ0n) is 86.8. The second-order valence-electron chi connectivity index (χ2n) is 29.2. The van der Waals surface area contributed by atoms with Gasteiger partial charge >= 0.3 is 0 Å². The first-order valence-electron chi connectivity index (χ1n) is 50.9. The van der Waals surface area contributed by atoms with Gasteiger partial charge in [0.25, 0.3) is 0 Å². The Morgan fingerprint density at radius 2 is 0.224 bits per heavy atom. The van der Waals surface area contributed by atoms with Crippen LogP contribution in [0.1, 0.15) is 19.3 Å². The lowest BCUT2D eigenvalue weighted by Gasteiger charge is -2.09. The van der Waals surface area contributed by atoms with E-state index in [-0.39, 0.29) is 24.5 Å². The Morgan fingerprint density at radius 1 is 0.133 bits per heavy atom. The molecule has 0 aromatic rings. The number of rotatable bonds is 137. The molecule has 0 bridgehead atoms. The number of carbonyl (C=O) groups is 2. The summed E-state index contributed by atoms with van der Waals surface area (Å²) in [6, 6.07) is 0. The molecule has 0 aliphatic heterocycles. The first kappa shape index (κ1) is 141. The molecule has 0 unspecified atom stereocenters. The molecular weight excluding hydrogens is 1920 g/mol. The highest BCUT2D eigenvalue weighted by Crippen LogP contribution is 2.00. The Labute approximate surface area is 857 Å². The quantitative estimate of drug-likeness (QED) is 0.0636. The van der Waals surface area contributed by atoms with Crippen molar-refractivity contribution in [3.8, 4) is 0 Å². The van der Waals surface area contributed by atoms with Crippen LogP contribution in [-0.4, -0.2) is 606 Å². The van der Waals surface area contributed by atoms with Gasteiger partial charge in [0, 0.05) is 32.9 Å². The van der Waals surface area contributed by atoms with Gasteiger partial charge < -0.3 is 214 Å². The van der Waals surface area contributed by atoms with Crippen LogP contribution in [0.5, 0.6) is 0 Å². The number of hydrogen-bond donors (Lipinski definition) is 2. The average Bonchev–Trinajstić information content (AvgIpc) is 0.977. The predicted octanol–water partition coefficient (Wildman–Crippen LogP) is 1.13. The Kier molecular flexibility index (Phi) is 134. The molecule has 0 saturated carbocycles. The summed E-state index contributed by atoms with van der Waals surface area (Å²) in [6.07, 6.45) is 0.813. The summed E-state index contributed by atoms with van der Waals surface area (Å²) in [7, 11) is 1.64. The average molecular weight is 2110 g/mol. The SMILES string of the molecule is COCCOCCOCCOCCOCCOCCOCCOCCOCCOCCOCCOCCOCCOCCOCCOCCOCCOCCOCCOCCOCCOCCOCCOCCOCCOCCOCCOCCOCCOCCOCCOCCOCCOCCOCCOCCOCCOCCOCCOCCOCCOCCOCCOCCNC(=O)CCC(=O)CCS. The number of thiol groups is 1. The van der Waals surface area contributed by atoms with Crippen molar-refractivity contribution in [3.05, 3.63) is 0 Å². The van der Waals surface area contributed by atoms with E-state index in [0.717, 1.165) is 0 Å². The maximum absolute atomic E-state index is 11.7. The standard InChI is InChI=1S/C95H189NO46S/c1-99-7-8-101-11-12-103-15-16-105-19-20-107-23-24-109-27-28-111-31-32-113-35-36-115-39-40-117-43-44-119-47-48-121-51-52-123-55-56-125-59-60-127-63-64-129-67-68-131-71-72-133-75-76-135-79-80-137-83-84-139-87-88-141-91-92-142-90-89-140-86-85-138-82-81-136-78-77-134-74-73-132-70-69-130-66-65-128-62-61-126-58-57-124-54-53-122-50-49-120-46-45-118-42-41-116-38-37-114-34-33-112-30-29-110-26-25-108-22-21-106-18-17-104-14-13-102-10-9-100-6-5-96-95(98)3-2-94(97)4-93-143/h143H,2-93H2,1H3,(H,96,98). The van der Waals surface area contributed by atoms with Crippen molar-refractivity contribution in [1.29, 1.82) is 0 Å². The number of amides is 1. The summed E-state index contributed by atoms with van der Waals surface area (Å²) in [6.45, 7) is 41.8. The molecule has 856 valence electrons. The summed E-state index contributed by atoms with van der Waals surface area (Å²) in [5, 5.41) is 2.73. The molecule has 0 radical (unpaired) electrons. The second-order valence-corrected chi connectivity index (χ2v) is 29.6. The van der Waals surface area contributed by atoms with E-state index in [0.29, 0.717) is 594 Å². The second kappa shape index (κ2) is 136. The van der Waals surface area contributed by atoms with Gasteiger partial charge in [0.15, 0.2) is 0 Å². The monoisotopic (exact) mass is 2110 g/mol. The third-order valence-corrected chi connectivity index (χ3v) is 17.9. The molecule has 0 aliphatic carbocycles. The largest absolute Gasteiger partial charge is 0.382 e. The van der Waals surface area contributed by atoms with Crippen LogP contribution in [0, 0.1) is 0 Å². The van der Waals surface area contributed by atoms with Gasteiger partial charge in [0.2, 0.25) is 5.91 Å². The molecule has 0 spiro atoms. The van der Waals surface area contributed by atoms with Crippen molar-refractivity contribution in [1.82, 2.24) is 5.32 Å². The van der Waals surface area contributed by atoms with Gasteiger partial charge in [0.05, 0.1) is 575 Å². The predicted molar refractivity (Wildman–Crippen MR) is 523 cm³/mol. The minimum atomic E-state index is -0.160. The summed E-state index contributed by atoms with van der Waals surface area (Å²) >= 11 is 4.02. The van der Waals surface area contributed by atoms with Gasteiger partial charge in [-0.05, 0) is 5.75 Å². The molecule has 0 atom stereocenters. The van der Waals surface area contributed by atoms with Crippen LogP contribution < -0.4 is 5.32 Å². The zero-order valence-corrected chi connectivity index (χ0v) is 87.7. The molecule has 0 rings (SSSR count). The van der Waals surface area contributed by atoms with E-state index < -0.39 is 0 Å². The highest BCUT2D eigenvalue weighted by Gasteiger charge is 2.09. The van der Waals surface area contributed by atoms with Crippen LogP contribution in [0.15, 0.2) is 0 Å². The van der Waals surface area contributed by atoms with Gasteiger partial charge in [-0.1, -0.05) is 0 Å². The first-order chi connectivity index (χ1) is 71.2. The van der Waals surface area contributed by atoms with Crippen LogP contribution in [0.2, 0.25) is 0 Å². The van der Waals surface area contributed by atoms with Crippen molar-refractivity contribution in [2.45, 2.75) is 19.3 Å². The van der Waals surface area contributed by atoms with E-state index in [1.807, 2.05) is 0 Å². The van der Waals surface area contributed by atoms with Crippen molar-refractivity contribution < 1.29 is 218 Å². The van der Waals surface area contributed by atoms with Crippen LogP contribution >= 0.6 is 12.6 Å². The lowest BCUT2D eigenvalue weighted by molar-refractivity contribution is -0.125. The maximum Gasteiger partial charge on any atom is 0.220 e. The smallest absolute Gasteiger partial charge is 0.220 e. The van der Waals surface area contributed by atoms with Crippen molar-refractivity contribution in [2.75, 3.05) is 594 Å². The van der Waals surface area contributed by atoms with Gasteiger partial charge in [-0.3, -0.25) is 9.59 Å². The number of Topliss-reactive ketones (excluding diaryl/α,β-unsaturated/α-hetero) is 1. The molecule has 1 N–H and O–H groups in total. The molecule has 0 aliphatic rings. The van der Waals surface area contributed by atoms with E-state index in [4.69, 9.17) is 208 Å². The fourth-order valence-corrected chi connectivity index (χ4v) is 10.6. The summed E-state index contributed by atoms with van der Waals surface area (Å²) in [5.41, 5.74) is 0. The molecule has 48 heteroatoms. The van der Waals surface area contributed by atoms with Crippen LogP contribution in [0.25, 0.3) is 0 Å². The van der Waals surface area contributed by atoms with E-state index in [1.165, 1.54) is 0 Å². The molecule has 0 aromatic heterocycles. The summed E-state index contributed by atoms with van der Waals surface area (Å²) in [4.78, 5) is 23.2. The Balaban J connectivity index is 3.11. The normalized spacial score (nSPS) is 11.8. The Bertz CT molecular complexity index is 2120. The maximum atomic E-state index is 11.7.